The lowest BCUT2D eigenvalue weighted by atomic mass is 9.44. The van der Waals surface area contributed by atoms with Crippen molar-refractivity contribution in [3.8, 4) is 11.5 Å². The molecule has 0 unspecified atom stereocenters. The van der Waals surface area contributed by atoms with Gasteiger partial charge in [0.25, 0.3) is 0 Å². The number of ether oxygens (including phenoxy) is 1. The molecule has 0 radical (unpaired) electrons. The summed E-state index contributed by atoms with van der Waals surface area (Å²) in [6.45, 7) is -0.00515. The van der Waals surface area contributed by atoms with Crippen molar-refractivity contribution in [1.82, 2.24) is 4.90 Å². The number of nitrogens with zero attached hydrogens (tertiary/aromatic N) is 1. The van der Waals surface area contributed by atoms with E-state index in [1.54, 1.807) is 42.5 Å². The van der Waals surface area contributed by atoms with Gasteiger partial charge in [0.1, 0.15) is 0 Å². The van der Waals surface area contributed by atoms with Crippen molar-refractivity contribution >= 4 is 34.9 Å². The third kappa shape index (κ3) is 4.63. The lowest BCUT2D eigenvalue weighted by Crippen LogP contribution is -2.58. The fraction of sp³-hybridized carbons (Fsp3) is 0.308. The van der Waals surface area contributed by atoms with Crippen LogP contribution in [-0.2, 0) is 29.4 Å². The fourth-order valence-electron chi connectivity index (χ4n) is 8.83. The second-order valence-corrected chi connectivity index (χ2v) is 13.0. The van der Waals surface area contributed by atoms with Gasteiger partial charge in [-0.05, 0) is 48.4 Å². The third-order valence-electron chi connectivity index (χ3n) is 10.8. The maximum atomic E-state index is 15.0. The summed E-state index contributed by atoms with van der Waals surface area (Å²) in [4.78, 5) is 70.1. The van der Waals surface area contributed by atoms with Crippen LogP contribution in [0.4, 0.5) is 0 Å². The van der Waals surface area contributed by atoms with Crippen LogP contribution in [0.25, 0.3) is 5.57 Å². The first-order chi connectivity index (χ1) is 23.2. The number of likely N-dealkylation sites (tertiary alicyclic amines) is 1. The van der Waals surface area contributed by atoms with E-state index in [0.29, 0.717) is 16.7 Å². The quantitative estimate of drug-likeness (QED) is 0.255. The minimum absolute atomic E-state index is 0.00515. The molecule has 2 N–H and O–H groups in total. The van der Waals surface area contributed by atoms with Crippen LogP contribution in [0.3, 0.4) is 0 Å². The number of hydrogen-bond donors (Lipinski definition) is 2. The van der Waals surface area contributed by atoms with E-state index in [-0.39, 0.29) is 72.7 Å². The lowest BCUT2D eigenvalue weighted by Gasteiger charge is -2.55. The first-order valence-corrected chi connectivity index (χ1v) is 16.2. The summed E-state index contributed by atoms with van der Waals surface area (Å²) < 4.78 is 5.50. The number of aromatic hydroxyl groups is 1. The Morgan fingerprint density at radius 2 is 1.62 bits per heavy atom. The Bertz CT molecular complexity index is 1900. The maximum absolute atomic E-state index is 15.0. The molecule has 7 rings (SSSR count). The molecule has 1 saturated heterocycles. The molecule has 3 aromatic rings. The molecule has 2 fully saturated rings. The Hall–Kier alpha value is -5.31. The number of carboxylic acids is 1. The number of carboxylic acid groups (broad SMARTS) is 1. The van der Waals surface area contributed by atoms with E-state index < -0.39 is 41.0 Å². The molecule has 244 valence electrons. The molecule has 0 spiro atoms. The van der Waals surface area contributed by atoms with Crippen LogP contribution < -0.4 is 4.74 Å². The van der Waals surface area contributed by atoms with Gasteiger partial charge in [0.2, 0.25) is 11.8 Å². The Kier molecular flexibility index (Phi) is 7.86. The minimum atomic E-state index is -1.47. The summed E-state index contributed by atoms with van der Waals surface area (Å²) in [6.07, 6.45) is 3.70. The summed E-state index contributed by atoms with van der Waals surface area (Å²) in [6, 6.07) is 23.3. The summed E-state index contributed by atoms with van der Waals surface area (Å²) >= 11 is 0. The van der Waals surface area contributed by atoms with E-state index in [0.717, 1.165) is 5.57 Å². The summed E-state index contributed by atoms with van der Waals surface area (Å²) in [7, 11) is 1.44. The number of fused-ring (bicyclic) bond motifs is 4. The van der Waals surface area contributed by atoms with Crippen LogP contribution in [0, 0.1) is 23.7 Å². The average Bonchev–Trinajstić information content (AvgIpc) is 3.34. The highest BCUT2D eigenvalue weighted by molar-refractivity contribution is 6.31. The Labute approximate surface area is 277 Å². The number of allylic oxidation sites excluding steroid dienone is 4. The van der Waals surface area contributed by atoms with Crippen LogP contribution in [0.1, 0.15) is 48.3 Å². The predicted octanol–water partition coefficient (Wildman–Crippen LogP) is 5.09. The topological polar surface area (TPSA) is 138 Å². The van der Waals surface area contributed by atoms with Gasteiger partial charge in [-0.3, -0.25) is 28.9 Å². The largest absolute Gasteiger partial charge is 0.504 e. The number of carbonyl (C=O) groups excluding carboxylic acids is 4. The summed E-state index contributed by atoms with van der Waals surface area (Å²) in [5, 5.41) is 20.9. The molecule has 48 heavy (non-hydrogen) atoms. The van der Waals surface area contributed by atoms with Crippen molar-refractivity contribution in [2.75, 3.05) is 13.7 Å². The van der Waals surface area contributed by atoms with Crippen molar-refractivity contribution in [2.45, 2.75) is 37.0 Å². The number of carbonyl (C=O) groups is 5. The highest BCUT2D eigenvalue weighted by Crippen LogP contribution is 2.64. The SMILES string of the molecule is COc1cccc([C@H]2C3=CC[C@@H]4C(=O)N(CCCC(=O)O)C(=O)[C@@H]4[C@@H]3C[C@H]3C(=O)C(c4ccccc4)=CC(=O)[C@@]23c2ccccc2)c1O. The fourth-order valence-corrected chi connectivity index (χ4v) is 8.83. The smallest absolute Gasteiger partial charge is 0.303 e. The van der Waals surface area contributed by atoms with Gasteiger partial charge in [0.05, 0.1) is 24.4 Å². The number of amides is 2. The van der Waals surface area contributed by atoms with Gasteiger partial charge in [-0.15, -0.1) is 0 Å². The van der Waals surface area contributed by atoms with E-state index >= 15 is 4.79 Å². The number of hydrogen-bond acceptors (Lipinski definition) is 7. The lowest BCUT2D eigenvalue weighted by molar-refractivity contribution is -0.142. The molecule has 4 aliphatic rings. The number of phenols is 1. The third-order valence-corrected chi connectivity index (χ3v) is 10.8. The van der Waals surface area contributed by atoms with E-state index in [2.05, 4.69) is 0 Å². The first kappa shape index (κ1) is 31.3. The molecule has 0 aromatic heterocycles. The standard InChI is InChI=1S/C39H35NO8/c1-48-30-15-8-14-26(36(30)45)34-24-17-18-25-33(38(47)40(37(25)46)19-9-16-32(42)43)28(24)20-29-35(44)27(22-10-4-2-5-11-22)21-31(41)39(29,34)23-12-6-3-7-13-23/h2-8,10-15,17,21,25,28-29,33-34,45H,9,16,18-20H2,1H3,(H,42,43)/t25-,28+,29-,33-,34+,39-/m0/s1. The molecular weight excluding hydrogens is 610 g/mol. The van der Waals surface area contributed by atoms with Crippen molar-refractivity contribution in [3.05, 3.63) is 113 Å². The molecule has 0 bridgehead atoms. The molecule has 3 aromatic carbocycles. The zero-order valence-electron chi connectivity index (χ0n) is 26.4. The number of ketones is 2. The Balaban J connectivity index is 1.45. The van der Waals surface area contributed by atoms with E-state index in [1.807, 2.05) is 42.5 Å². The van der Waals surface area contributed by atoms with Crippen molar-refractivity contribution in [3.63, 3.8) is 0 Å². The second kappa shape index (κ2) is 12.0. The van der Waals surface area contributed by atoms with Gasteiger partial charge in [-0.1, -0.05) is 84.4 Å². The van der Waals surface area contributed by atoms with E-state index in [1.165, 1.54) is 18.1 Å². The van der Waals surface area contributed by atoms with Crippen LogP contribution >= 0.6 is 0 Å². The molecule has 1 saturated carbocycles. The average molecular weight is 646 g/mol. The molecule has 9 heteroatoms. The number of Topliss-reactive ketones (excluding diaryl/α,β-unsaturated/α-hetero) is 1. The second-order valence-electron chi connectivity index (χ2n) is 13.0. The first-order valence-electron chi connectivity index (χ1n) is 16.2. The number of para-hydroxylation sites is 1. The van der Waals surface area contributed by atoms with E-state index in [9.17, 15) is 24.3 Å². The van der Waals surface area contributed by atoms with Crippen molar-refractivity contribution in [1.29, 1.82) is 0 Å². The number of benzene rings is 3. The van der Waals surface area contributed by atoms with Gasteiger partial charge >= 0.3 is 5.97 Å². The Morgan fingerprint density at radius 1 is 0.917 bits per heavy atom. The molecule has 1 heterocycles. The molecule has 1 aliphatic heterocycles. The van der Waals surface area contributed by atoms with Crippen LogP contribution in [0.15, 0.2) is 96.6 Å². The van der Waals surface area contributed by atoms with Gasteiger partial charge in [-0.2, -0.15) is 0 Å². The monoisotopic (exact) mass is 645 g/mol. The zero-order chi connectivity index (χ0) is 33.7. The van der Waals surface area contributed by atoms with E-state index in [4.69, 9.17) is 9.84 Å². The predicted molar refractivity (Wildman–Crippen MR) is 175 cm³/mol. The summed E-state index contributed by atoms with van der Waals surface area (Å²) in [5.41, 5.74) is 1.17. The number of rotatable bonds is 8. The number of aliphatic carboxylic acids is 1. The molecule has 2 amide bonds. The van der Waals surface area contributed by atoms with Gasteiger partial charge < -0.3 is 14.9 Å². The number of imide groups is 1. The maximum Gasteiger partial charge on any atom is 0.303 e. The molecule has 3 aliphatic carbocycles. The molecule has 9 nitrogen and oxygen atoms in total. The molecule has 6 atom stereocenters. The van der Waals surface area contributed by atoms with Crippen molar-refractivity contribution < 1.29 is 38.9 Å². The van der Waals surface area contributed by atoms with Gasteiger partial charge in [-0.25, -0.2) is 0 Å². The number of phenolic OH excluding ortho intramolecular Hbond substituents is 1. The highest BCUT2D eigenvalue weighted by atomic mass is 16.5. The zero-order valence-corrected chi connectivity index (χ0v) is 26.4. The summed E-state index contributed by atoms with van der Waals surface area (Å²) in [5.74, 6) is -6.08. The normalized spacial score (nSPS) is 27.9. The van der Waals surface area contributed by atoms with Crippen LogP contribution in [0.2, 0.25) is 0 Å². The highest BCUT2D eigenvalue weighted by Gasteiger charge is 2.66. The molecular formula is C39H35NO8. The van der Waals surface area contributed by atoms with Crippen molar-refractivity contribution in [2.24, 2.45) is 23.7 Å². The van der Waals surface area contributed by atoms with Crippen LogP contribution in [0.5, 0.6) is 11.5 Å². The number of methoxy groups -OCH3 is 1. The van der Waals surface area contributed by atoms with Gasteiger partial charge in [0, 0.05) is 35.9 Å². The minimum Gasteiger partial charge on any atom is -0.504 e. The Morgan fingerprint density at radius 3 is 2.31 bits per heavy atom. The van der Waals surface area contributed by atoms with Gasteiger partial charge in [0.15, 0.2) is 23.1 Å². The van der Waals surface area contributed by atoms with Crippen LogP contribution in [-0.4, -0.2) is 58.1 Å².